The molecule has 0 spiro atoms. The van der Waals surface area contributed by atoms with Crippen LogP contribution in [0, 0.1) is 0 Å². The van der Waals surface area contributed by atoms with Crippen molar-refractivity contribution in [1.29, 1.82) is 0 Å². The SMILES string of the molecule is O=C([C@H]1CCCN1)N1CCc2ncccc2C1. The van der Waals surface area contributed by atoms with Crippen molar-refractivity contribution in [3.8, 4) is 0 Å². The molecule has 1 N–H and O–H groups in total. The predicted octanol–water partition coefficient (Wildman–Crippen LogP) is 0.718. The largest absolute Gasteiger partial charge is 0.337 e. The maximum atomic E-state index is 12.3. The topological polar surface area (TPSA) is 45.2 Å². The zero-order valence-corrected chi connectivity index (χ0v) is 9.85. The summed E-state index contributed by atoms with van der Waals surface area (Å²) in [5, 5.41) is 3.27. The predicted molar refractivity (Wildman–Crippen MR) is 64.4 cm³/mol. The van der Waals surface area contributed by atoms with Crippen LogP contribution in [0.3, 0.4) is 0 Å². The Morgan fingerprint density at radius 1 is 1.53 bits per heavy atom. The summed E-state index contributed by atoms with van der Waals surface area (Å²) in [5.41, 5.74) is 2.35. The van der Waals surface area contributed by atoms with Crippen molar-refractivity contribution in [3.05, 3.63) is 29.6 Å². The molecule has 1 amide bonds. The summed E-state index contributed by atoms with van der Waals surface area (Å²) in [4.78, 5) is 18.6. The molecule has 17 heavy (non-hydrogen) atoms. The highest BCUT2D eigenvalue weighted by Gasteiger charge is 2.29. The molecule has 1 saturated heterocycles. The lowest BCUT2D eigenvalue weighted by Crippen LogP contribution is -2.45. The third kappa shape index (κ3) is 2.05. The Labute approximate surface area is 101 Å². The van der Waals surface area contributed by atoms with Gasteiger partial charge >= 0.3 is 0 Å². The van der Waals surface area contributed by atoms with Crippen molar-refractivity contribution in [1.82, 2.24) is 15.2 Å². The Morgan fingerprint density at radius 2 is 2.47 bits per heavy atom. The minimum absolute atomic E-state index is 0.0493. The van der Waals surface area contributed by atoms with E-state index < -0.39 is 0 Å². The summed E-state index contributed by atoms with van der Waals surface area (Å²) in [6.07, 6.45) is 4.81. The van der Waals surface area contributed by atoms with Gasteiger partial charge < -0.3 is 10.2 Å². The highest BCUT2D eigenvalue weighted by Crippen LogP contribution is 2.18. The van der Waals surface area contributed by atoms with Gasteiger partial charge in [0.15, 0.2) is 0 Å². The molecule has 1 atom stereocenters. The summed E-state index contributed by atoms with van der Waals surface area (Å²) in [7, 11) is 0. The number of rotatable bonds is 1. The Morgan fingerprint density at radius 3 is 3.29 bits per heavy atom. The highest BCUT2D eigenvalue weighted by molar-refractivity contribution is 5.82. The van der Waals surface area contributed by atoms with Gasteiger partial charge in [0, 0.05) is 31.4 Å². The first-order valence-corrected chi connectivity index (χ1v) is 6.29. The van der Waals surface area contributed by atoms with Crippen LogP contribution in [0.1, 0.15) is 24.1 Å². The molecule has 2 aliphatic heterocycles. The number of amides is 1. The Bertz CT molecular complexity index is 426. The van der Waals surface area contributed by atoms with Gasteiger partial charge in [-0.05, 0) is 31.0 Å². The number of nitrogens with one attached hydrogen (secondary N) is 1. The van der Waals surface area contributed by atoms with Crippen LogP contribution in [0.15, 0.2) is 18.3 Å². The van der Waals surface area contributed by atoms with Crippen LogP contribution in [0.25, 0.3) is 0 Å². The van der Waals surface area contributed by atoms with Gasteiger partial charge in [0.25, 0.3) is 0 Å². The van der Waals surface area contributed by atoms with Crippen LogP contribution in [0.5, 0.6) is 0 Å². The molecule has 4 heteroatoms. The number of pyridine rings is 1. The van der Waals surface area contributed by atoms with Gasteiger partial charge in [-0.2, -0.15) is 0 Å². The van der Waals surface area contributed by atoms with E-state index in [0.717, 1.165) is 44.6 Å². The van der Waals surface area contributed by atoms with E-state index in [1.54, 1.807) is 0 Å². The quantitative estimate of drug-likeness (QED) is 0.774. The molecule has 90 valence electrons. The third-order valence-electron chi connectivity index (χ3n) is 3.63. The normalized spacial score (nSPS) is 23.5. The average molecular weight is 231 g/mol. The molecule has 3 heterocycles. The number of nitrogens with zero attached hydrogens (tertiary/aromatic N) is 2. The third-order valence-corrected chi connectivity index (χ3v) is 3.63. The van der Waals surface area contributed by atoms with Gasteiger partial charge in [0.2, 0.25) is 5.91 Å². The van der Waals surface area contributed by atoms with Crippen molar-refractivity contribution in [2.75, 3.05) is 13.1 Å². The van der Waals surface area contributed by atoms with Gasteiger partial charge in [-0.1, -0.05) is 6.07 Å². The van der Waals surface area contributed by atoms with E-state index in [1.165, 1.54) is 5.56 Å². The first kappa shape index (κ1) is 10.7. The summed E-state index contributed by atoms with van der Waals surface area (Å²) < 4.78 is 0. The number of aromatic nitrogens is 1. The lowest BCUT2D eigenvalue weighted by Gasteiger charge is -2.30. The van der Waals surface area contributed by atoms with Crippen LogP contribution in [0.2, 0.25) is 0 Å². The molecule has 0 radical (unpaired) electrons. The summed E-state index contributed by atoms with van der Waals surface area (Å²) in [5.74, 6) is 0.261. The molecule has 0 bridgehead atoms. The highest BCUT2D eigenvalue weighted by atomic mass is 16.2. The fourth-order valence-electron chi connectivity index (χ4n) is 2.67. The van der Waals surface area contributed by atoms with Crippen molar-refractivity contribution in [3.63, 3.8) is 0 Å². The molecule has 1 aromatic heterocycles. The fourth-order valence-corrected chi connectivity index (χ4v) is 2.67. The van der Waals surface area contributed by atoms with E-state index in [2.05, 4.69) is 16.4 Å². The minimum Gasteiger partial charge on any atom is -0.337 e. The van der Waals surface area contributed by atoms with Gasteiger partial charge in [-0.3, -0.25) is 9.78 Å². The lowest BCUT2D eigenvalue weighted by atomic mass is 10.0. The monoisotopic (exact) mass is 231 g/mol. The second kappa shape index (κ2) is 4.45. The van der Waals surface area contributed by atoms with Crippen LogP contribution in [0.4, 0.5) is 0 Å². The summed E-state index contributed by atoms with van der Waals surface area (Å²) >= 11 is 0. The van der Waals surface area contributed by atoms with Crippen molar-refractivity contribution < 1.29 is 4.79 Å². The Balaban J connectivity index is 1.73. The second-order valence-electron chi connectivity index (χ2n) is 4.77. The number of hydrogen-bond acceptors (Lipinski definition) is 3. The molecule has 1 aromatic rings. The summed E-state index contributed by atoms with van der Waals surface area (Å²) in [6, 6.07) is 4.07. The van der Waals surface area contributed by atoms with Crippen molar-refractivity contribution in [2.24, 2.45) is 0 Å². The molecule has 2 aliphatic rings. The molecule has 0 saturated carbocycles. The zero-order chi connectivity index (χ0) is 11.7. The average Bonchev–Trinajstić information content (AvgIpc) is 2.91. The maximum Gasteiger partial charge on any atom is 0.240 e. The Hall–Kier alpha value is -1.42. The van der Waals surface area contributed by atoms with Gasteiger partial charge in [-0.25, -0.2) is 0 Å². The number of hydrogen-bond donors (Lipinski definition) is 1. The van der Waals surface area contributed by atoms with E-state index >= 15 is 0 Å². The number of carbonyl (C=O) groups excluding carboxylic acids is 1. The first-order valence-electron chi connectivity index (χ1n) is 6.29. The van der Waals surface area contributed by atoms with E-state index in [1.807, 2.05) is 17.2 Å². The standard InChI is InChI=1S/C13H17N3O/c17-13(12-4-2-7-15-12)16-8-5-11-10(9-16)3-1-6-14-11/h1,3,6,12,15H,2,4-5,7-9H2/t12-/m1/s1. The molecule has 1 fully saturated rings. The lowest BCUT2D eigenvalue weighted by molar-refractivity contribution is -0.134. The fraction of sp³-hybridized carbons (Fsp3) is 0.538. The molecular formula is C13H17N3O. The number of carbonyl (C=O) groups is 1. The molecular weight excluding hydrogens is 214 g/mol. The zero-order valence-electron chi connectivity index (χ0n) is 9.85. The summed E-state index contributed by atoms with van der Waals surface area (Å²) in [6.45, 7) is 2.50. The first-order chi connectivity index (χ1) is 8.34. The van der Waals surface area contributed by atoms with Crippen LogP contribution in [-0.4, -0.2) is 34.9 Å². The van der Waals surface area contributed by atoms with Crippen molar-refractivity contribution >= 4 is 5.91 Å². The van der Waals surface area contributed by atoms with E-state index in [-0.39, 0.29) is 11.9 Å². The molecule has 0 unspecified atom stereocenters. The smallest absolute Gasteiger partial charge is 0.240 e. The van der Waals surface area contributed by atoms with E-state index in [4.69, 9.17) is 0 Å². The molecule has 0 aromatic carbocycles. The molecule has 3 rings (SSSR count). The number of fused-ring (bicyclic) bond motifs is 1. The minimum atomic E-state index is 0.0493. The van der Waals surface area contributed by atoms with Crippen molar-refractivity contribution in [2.45, 2.75) is 31.8 Å². The maximum absolute atomic E-state index is 12.3. The van der Waals surface area contributed by atoms with E-state index in [9.17, 15) is 4.79 Å². The Kier molecular flexibility index (Phi) is 2.81. The van der Waals surface area contributed by atoms with Gasteiger partial charge in [0.1, 0.15) is 0 Å². The van der Waals surface area contributed by atoms with Crippen LogP contribution >= 0.6 is 0 Å². The molecule has 4 nitrogen and oxygen atoms in total. The van der Waals surface area contributed by atoms with E-state index in [0.29, 0.717) is 0 Å². The molecule has 0 aliphatic carbocycles. The van der Waals surface area contributed by atoms with Crippen LogP contribution in [-0.2, 0) is 17.8 Å². The second-order valence-corrected chi connectivity index (χ2v) is 4.77. The van der Waals surface area contributed by atoms with Crippen LogP contribution < -0.4 is 5.32 Å². The van der Waals surface area contributed by atoms with Gasteiger partial charge in [-0.15, -0.1) is 0 Å². The van der Waals surface area contributed by atoms with Gasteiger partial charge in [0.05, 0.1) is 6.04 Å².